The van der Waals surface area contributed by atoms with Crippen LogP contribution in [-0.4, -0.2) is 21.7 Å². The first-order valence-corrected chi connectivity index (χ1v) is 8.49. The van der Waals surface area contributed by atoms with Crippen molar-refractivity contribution in [2.45, 2.75) is 46.1 Å². The minimum Gasteiger partial charge on any atom is -0.348 e. The molecule has 1 aliphatic rings. The molecular weight excluding hydrogens is 286 g/mol. The molecule has 1 aromatic carbocycles. The molecule has 1 fully saturated rings. The van der Waals surface area contributed by atoms with Crippen LogP contribution in [0.1, 0.15) is 49.3 Å². The van der Waals surface area contributed by atoms with Gasteiger partial charge >= 0.3 is 0 Å². The quantitative estimate of drug-likeness (QED) is 0.938. The summed E-state index contributed by atoms with van der Waals surface area (Å²) in [5.74, 6) is 1.15. The molecule has 1 saturated carbocycles. The summed E-state index contributed by atoms with van der Waals surface area (Å²) in [6, 6.07) is 11.9. The Balaban J connectivity index is 1.83. The monoisotopic (exact) mass is 311 g/mol. The molecule has 1 aliphatic carbocycles. The highest BCUT2D eigenvalue weighted by Gasteiger charge is 2.29. The molecular formula is C19H25N3O. The first-order chi connectivity index (χ1) is 11.1. The van der Waals surface area contributed by atoms with Gasteiger partial charge in [0.05, 0.1) is 11.4 Å². The number of hydrogen-bond acceptors (Lipinski definition) is 2. The molecule has 4 nitrogen and oxygen atoms in total. The molecule has 3 unspecified atom stereocenters. The van der Waals surface area contributed by atoms with Crippen molar-refractivity contribution in [3.63, 3.8) is 0 Å². The Labute approximate surface area is 137 Å². The van der Waals surface area contributed by atoms with Gasteiger partial charge in [-0.05, 0) is 43.4 Å². The van der Waals surface area contributed by atoms with Crippen molar-refractivity contribution in [1.82, 2.24) is 15.1 Å². The Hall–Kier alpha value is -2.10. The van der Waals surface area contributed by atoms with Gasteiger partial charge in [-0.3, -0.25) is 4.79 Å². The lowest BCUT2D eigenvalue weighted by molar-refractivity contribution is 0.0883. The minimum absolute atomic E-state index is 0.0274. The predicted octanol–water partition coefficient (Wildman–Crippen LogP) is 3.74. The van der Waals surface area contributed by atoms with Crippen LogP contribution in [0.2, 0.25) is 0 Å². The second kappa shape index (κ2) is 6.57. The van der Waals surface area contributed by atoms with E-state index in [1.54, 1.807) is 4.68 Å². The maximum atomic E-state index is 12.8. The van der Waals surface area contributed by atoms with E-state index >= 15 is 0 Å². The van der Waals surface area contributed by atoms with Crippen LogP contribution >= 0.6 is 0 Å². The molecule has 23 heavy (non-hydrogen) atoms. The fraction of sp³-hybridized carbons (Fsp3) is 0.474. The summed E-state index contributed by atoms with van der Waals surface area (Å²) in [6.45, 7) is 6.44. The zero-order valence-electron chi connectivity index (χ0n) is 14.1. The number of nitrogens with one attached hydrogen (secondary N) is 1. The van der Waals surface area contributed by atoms with E-state index in [0.29, 0.717) is 17.5 Å². The molecule has 122 valence electrons. The Bertz CT molecular complexity index is 677. The largest absolute Gasteiger partial charge is 0.348 e. The van der Waals surface area contributed by atoms with E-state index < -0.39 is 0 Å². The van der Waals surface area contributed by atoms with Crippen LogP contribution in [0, 0.1) is 18.8 Å². The third-order valence-corrected chi connectivity index (χ3v) is 5.09. The SMILES string of the molecule is Cc1cc(C(=O)NC2CCCC(C)C2C)n(-c2ccccc2)n1. The van der Waals surface area contributed by atoms with E-state index in [1.807, 2.05) is 43.3 Å². The molecule has 4 heteroatoms. The van der Waals surface area contributed by atoms with Gasteiger partial charge in [0.25, 0.3) is 5.91 Å². The summed E-state index contributed by atoms with van der Waals surface area (Å²) in [5.41, 5.74) is 2.37. The molecule has 0 saturated heterocycles. The number of nitrogens with zero attached hydrogens (tertiary/aromatic N) is 2. The van der Waals surface area contributed by atoms with Gasteiger partial charge in [0.15, 0.2) is 0 Å². The number of benzene rings is 1. The highest BCUT2D eigenvalue weighted by Crippen LogP contribution is 2.29. The zero-order valence-corrected chi connectivity index (χ0v) is 14.1. The summed E-state index contributed by atoms with van der Waals surface area (Å²) in [4.78, 5) is 12.8. The topological polar surface area (TPSA) is 46.9 Å². The van der Waals surface area contributed by atoms with Gasteiger partial charge in [-0.1, -0.05) is 44.9 Å². The van der Waals surface area contributed by atoms with Gasteiger partial charge in [0, 0.05) is 6.04 Å². The van der Waals surface area contributed by atoms with Crippen LogP contribution in [0.15, 0.2) is 36.4 Å². The van der Waals surface area contributed by atoms with Crippen molar-refractivity contribution in [3.05, 3.63) is 47.8 Å². The lowest BCUT2D eigenvalue weighted by atomic mass is 9.78. The minimum atomic E-state index is -0.0274. The number of para-hydroxylation sites is 1. The molecule has 1 heterocycles. The van der Waals surface area contributed by atoms with Crippen LogP contribution in [-0.2, 0) is 0 Å². The molecule has 2 aromatic rings. The average Bonchev–Trinajstić information content (AvgIpc) is 2.95. The van der Waals surface area contributed by atoms with Gasteiger partial charge in [0.1, 0.15) is 5.69 Å². The first kappa shape index (κ1) is 15.8. The number of hydrogen-bond donors (Lipinski definition) is 1. The van der Waals surface area contributed by atoms with E-state index in [2.05, 4.69) is 24.3 Å². The fourth-order valence-corrected chi connectivity index (χ4v) is 3.46. The van der Waals surface area contributed by atoms with Gasteiger partial charge in [-0.15, -0.1) is 0 Å². The molecule has 1 amide bonds. The standard InChI is InChI=1S/C19H25N3O/c1-13-8-7-11-17(15(13)3)20-19(23)18-12-14(2)21-22(18)16-9-5-4-6-10-16/h4-6,9-10,12-13,15,17H,7-8,11H2,1-3H3,(H,20,23). The van der Waals surface area contributed by atoms with Crippen molar-refractivity contribution in [1.29, 1.82) is 0 Å². The van der Waals surface area contributed by atoms with Gasteiger partial charge < -0.3 is 5.32 Å². The molecule has 3 rings (SSSR count). The van der Waals surface area contributed by atoms with Gasteiger partial charge in [-0.2, -0.15) is 5.10 Å². The molecule has 0 bridgehead atoms. The molecule has 3 atom stereocenters. The van der Waals surface area contributed by atoms with Crippen LogP contribution < -0.4 is 5.32 Å². The molecule has 0 spiro atoms. The normalized spacial score (nSPS) is 24.4. The third kappa shape index (κ3) is 3.31. The maximum absolute atomic E-state index is 12.8. The number of carbonyl (C=O) groups excluding carboxylic acids is 1. The van der Waals surface area contributed by atoms with E-state index in [4.69, 9.17) is 0 Å². The first-order valence-electron chi connectivity index (χ1n) is 8.49. The summed E-state index contributed by atoms with van der Waals surface area (Å²) in [6.07, 6.45) is 3.51. The fourth-order valence-electron chi connectivity index (χ4n) is 3.46. The molecule has 0 radical (unpaired) electrons. The molecule has 1 aromatic heterocycles. The second-order valence-corrected chi connectivity index (χ2v) is 6.77. The number of aromatic nitrogens is 2. The van der Waals surface area contributed by atoms with Crippen LogP contribution in [0.5, 0.6) is 0 Å². The van der Waals surface area contributed by atoms with E-state index in [0.717, 1.165) is 17.8 Å². The molecule has 0 aliphatic heterocycles. The lowest BCUT2D eigenvalue weighted by Gasteiger charge is -2.34. The summed E-state index contributed by atoms with van der Waals surface area (Å²) >= 11 is 0. The van der Waals surface area contributed by atoms with Crippen LogP contribution in [0.3, 0.4) is 0 Å². The van der Waals surface area contributed by atoms with E-state index in [9.17, 15) is 4.79 Å². The highest BCUT2D eigenvalue weighted by atomic mass is 16.2. The maximum Gasteiger partial charge on any atom is 0.270 e. The number of carbonyl (C=O) groups is 1. The van der Waals surface area contributed by atoms with Crippen molar-refractivity contribution >= 4 is 5.91 Å². The Kier molecular flexibility index (Phi) is 4.51. The Morgan fingerprint density at radius 2 is 1.96 bits per heavy atom. The zero-order chi connectivity index (χ0) is 16.4. The smallest absolute Gasteiger partial charge is 0.270 e. The number of rotatable bonds is 3. The Morgan fingerprint density at radius 3 is 2.70 bits per heavy atom. The number of aryl methyl sites for hydroxylation is 1. The van der Waals surface area contributed by atoms with Gasteiger partial charge in [0.2, 0.25) is 0 Å². The van der Waals surface area contributed by atoms with Crippen LogP contribution in [0.25, 0.3) is 5.69 Å². The van der Waals surface area contributed by atoms with E-state index in [1.165, 1.54) is 12.8 Å². The van der Waals surface area contributed by atoms with E-state index in [-0.39, 0.29) is 11.9 Å². The molecule has 1 N–H and O–H groups in total. The number of amides is 1. The van der Waals surface area contributed by atoms with Crippen molar-refractivity contribution < 1.29 is 4.79 Å². The third-order valence-electron chi connectivity index (χ3n) is 5.09. The van der Waals surface area contributed by atoms with Gasteiger partial charge in [-0.25, -0.2) is 4.68 Å². The van der Waals surface area contributed by atoms with Crippen molar-refractivity contribution in [3.8, 4) is 5.69 Å². The average molecular weight is 311 g/mol. The summed E-state index contributed by atoms with van der Waals surface area (Å²) in [7, 11) is 0. The van der Waals surface area contributed by atoms with Crippen LogP contribution in [0.4, 0.5) is 0 Å². The summed E-state index contributed by atoms with van der Waals surface area (Å²) in [5, 5.41) is 7.72. The second-order valence-electron chi connectivity index (χ2n) is 6.77. The Morgan fingerprint density at radius 1 is 1.22 bits per heavy atom. The lowest BCUT2D eigenvalue weighted by Crippen LogP contribution is -2.44. The predicted molar refractivity (Wildman–Crippen MR) is 91.7 cm³/mol. The van der Waals surface area contributed by atoms with Crippen molar-refractivity contribution in [2.24, 2.45) is 11.8 Å². The highest BCUT2D eigenvalue weighted by molar-refractivity contribution is 5.93. The van der Waals surface area contributed by atoms with Crippen molar-refractivity contribution in [2.75, 3.05) is 0 Å². The summed E-state index contributed by atoms with van der Waals surface area (Å²) < 4.78 is 1.74.